The third kappa shape index (κ3) is 3.16. The van der Waals surface area contributed by atoms with Gasteiger partial charge in [0.2, 0.25) is 0 Å². The lowest BCUT2D eigenvalue weighted by Crippen LogP contribution is -2.15. The molecule has 0 aliphatic rings. The molecule has 0 amide bonds. The lowest BCUT2D eigenvalue weighted by molar-refractivity contribution is 0.601. The molecule has 0 saturated carbocycles. The van der Waals surface area contributed by atoms with E-state index in [4.69, 9.17) is 11.6 Å². The van der Waals surface area contributed by atoms with Crippen molar-refractivity contribution in [3.63, 3.8) is 0 Å². The third-order valence-corrected chi connectivity index (χ3v) is 5.32. The molecular formula is C17H14ClFN2O2S. The van der Waals surface area contributed by atoms with Gasteiger partial charge in [-0.1, -0.05) is 29.8 Å². The first-order chi connectivity index (χ1) is 11.4. The first kappa shape index (κ1) is 16.5. The zero-order valence-electron chi connectivity index (χ0n) is 12.7. The van der Waals surface area contributed by atoms with Gasteiger partial charge < -0.3 is 0 Å². The molecule has 0 fully saturated rings. The highest BCUT2D eigenvalue weighted by Crippen LogP contribution is 2.30. The fraction of sp³-hybridized carbons (Fsp3) is 0.0588. The van der Waals surface area contributed by atoms with Crippen LogP contribution < -0.4 is 4.72 Å². The molecule has 24 heavy (non-hydrogen) atoms. The number of aromatic nitrogens is 1. The van der Waals surface area contributed by atoms with E-state index in [2.05, 4.69) is 4.72 Å². The maximum Gasteiger partial charge on any atom is 0.263 e. The third-order valence-electron chi connectivity index (χ3n) is 3.56. The van der Waals surface area contributed by atoms with E-state index in [-0.39, 0.29) is 16.5 Å². The molecule has 124 valence electrons. The van der Waals surface area contributed by atoms with Gasteiger partial charge in [-0.05, 0) is 43.3 Å². The predicted octanol–water partition coefficient (Wildman–Crippen LogP) is 4.38. The summed E-state index contributed by atoms with van der Waals surface area (Å²) in [6.07, 6.45) is 0. The lowest BCUT2D eigenvalue weighted by atomic mass is 10.3. The molecule has 3 rings (SSSR count). The van der Waals surface area contributed by atoms with Gasteiger partial charge in [-0.2, -0.15) is 0 Å². The Morgan fingerprint density at radius 1 is 1.04 bits per heavy atom. The number of hydrogen-bond acceptors (Lipinski definition) is 2. The Bertz CT molecular complexity index is 968. The van der Waals surface area contributed by atoms with Crippen LogP contribution in [0.2, 0.25) is 5.02 Å². The molecule has 0 aliphatic carbocycles. The lowest BCUT2D eigenvalue weighted by Gasteiger charge is -2.13. The summed E-state index contributed by atoms with van der Waals surface area (Å²) in [5, 5.41) is 0.407. The molecule has 1 heterocycles. The van der Waals surface area contributed by atoms with Crippen molar-refractivity contribution in [2.24, 2.45) is 0 Å². The zero-order chi connectivity index (χ0) is 17.3. The molecule has 0 bridgehead atoms. The van der Waals surface area contributed by atoms with Crippen molar-refractivity contribution in [1.29, 1.82) is 0 Å². The quantitative estimate of drug-likeness (QED) is 0.747. The molecular weight excluding hydrogens is 351 g/mol. The summed E-state index contributed by atoms with van der Waals surface area (Å²) in [5.41, 5.74) is 1.25. The Hall–Kier alpha value is -2.31. The molecule has 0 unspecified atom stereocenters. The predicted molar refractivity (Wildman–Crippen MR) is 92.7 cm³/mol. The SMILES string of the molecule is Cc1c(Cl)cc(NS(=O)(=O)c2ccccc2)n1-c1ccc(F)cc1. The summed E-state index contributed by atoms with van der Waals surface area (Å²) < 4.78 is 42.4. The van der Waals surface area contributed by atoms with Gasteiger partial charge in [0.1, 0.15) is 11.6 Å². The van der Waals surface area contributed by atoms with Crippen LogP contribution in [0.3, 0.4) is 0 Å². The number of hydrogen-bond donors (Lipinski definition) is 1. The number of nitrogens with one attached hydrogen (secondary N) is 1. The van der Waals surface area contributed by atoms with Crippen molar-refractivity contribution in [2.45, 2.75) is 11.8 Å². The van der Waals surface area contributed by atoms with Gasteiger partial charge in [0.25, 0.3) is 10.0 Å². The van der Waals surface area contributed by atoms with E-state index in [1.165, 1.54) is 30.3 Å². The van der Waals surface area contributed by atoms with Crippen molar-refractivity contribution >= 4 is 27.4 Å². The van der Waals surface area contributed by atoms with Crippen molar-refractivity contribution in [1.82, 2.24) is 4.57 Å². The van der Waals surface area contributed by atoms with Crippen LogP contribution in [0, 0.1) is 12.7 Å². The van der Waals surface area contributed by atoms with E-state index in [1.807, 2.05) is 0 Å². The van der Waals surface area contributed by atoms with E-state index in [0.717, 1.165) is 0 Å². The number of benzene rings is 2. The Balaban J connectivity index is 2.06. The number of anilines is 1. The largest absolute Gasteiger partial charge is 0.299 e. The summed E-state index contributed by atoms with van der Waals surface area (Å²) in [6.45, 7) is 1.76. The van der Waals surface area contributed by atoms with E-state index < -0.39 is 10.0 Å². The van der Waals surface area contributed by atoms with Crippen LogP contribution in [0.5, 0.6) is 0 Å². The monoisotopic (exact) mass is 364 g/mol. The summed E-state index contributed by atoms with van der Waals surface area (Å²) >= 11 is 6.16. The van der Waals surface area contributed by atoms with Gasteiger partial charge in [0.05, 0.1) is 9.92 Å². The molecule has 1 aromatic heterocycles. The maximum atomic E-state index is 13.2. The average Bonchev–Trinajstić information content (AvgIpc) is 2.83. The maximum absolute atomic E-state index is 13.2. The van der Waals surface area contributed by atoms with E-state index in [9.17, 15) is 12.8 Å². The second-order valence-electron chi connectivity index (χ2n) is 5.19. The average molecular weight is 365 g/mol. The molecule has 0 radical (unpaired) electrons. The number of nitrogens with zero attached hydrogens (tertiary/aromatic N) is 1. The summed E-state index contributed by atoms with van der Waals surface area (Å²) in [7, 11) is -3.76. The standard InChI is InChI=1S/C17H14ClFN2O2S/c1-12-16(18)11-17(21(12)14-9-7-13(19)8-10-14)20-24(22,23)15-5-3-2-4-6-15/h2-11,20H,1H3. The molecule has 0 atom stereocenters. The minimum Gasteiger partial charge on any atom is -0.299 e. The van der Waals surface area contributed by atoms with E-state index in [0.29, 0.717) is 16.4 Å². The van der Waals surface area contributed by atoms with Gasteiger partial charge in [-0.3, -0.25) is 9.29 Å². The first-order valence-corrected chi connectivity index (χ1v) is 8.96. The van der Waals surface area contributed by atoms with Crippen LogP contribution in [-0.4, -0.2) is 13.0 Å². The van der Waals surface area contributed by atoms with Crippen LogP contribution in [0.1, 0.15) is 5.69 Å². The minimum atomic E-state index is -3.76. The smallest absolute Gasteiger partial charge is 0.263 e. The van der Waals surface area contributed by atoms with Crippen LogP contribution in [0.4, 0.5) is 10.2 Å². The first-order valence-electron chi connectivity index (χ1n) is 7.10. The van der Waals surface area contributed by atoms with Crippen LogP contribution in [0.15, 0.2) is 65.6 Å². The van der Waals surface area contributed by atoms with Gasteiger partial charge in [0, 0.05) is 17.4 Å². The van der Waals surface area contributed by atoms with Crippen molar-refractivity contribution in [2.75, 3.05) is 4.72 Å². The summed E-state index contributed by atoms with van der Waals surface area (Å²) in [5.74, 6) is -0.0889. The molecule has 2 aromatic carbocycles. The van der Waals surface area contributed by atoms with E-state index in [1.54, 1.807) is 41.8 Å². The van der Waals surface area contributed by atoms with Crippen LogP contribution in [-0.2, 0) is 10.0 Å². The molecule has 3 aromatic rings. The number of sulfonamides is 1. The van der Waals surface area contributed by atoms with Crippen molar-refractivity contribution in [3.8, 4) is 5.69 Å². The van der Waals surface area contributed by atoms with Gasteiger partial charge in [-0.25, -0.2) is 12.8 Å². The number of rotatable bonds is 4. The van der Waals surface area contributed by atoms with Gasteiger partial charge in [0.15, 0.2) is 0 Å². The topological polar surface area (TPSA) is 51.1 Å². The Morgan fingerprint density at radius 3 is 2.29 bits per heavy atom. The van der Waals surface area contributed by atoms with Crippen molar-refractivity contribution in [3.05, 3.63) is 77.2 Å². The minimum absolute atomic E-state index is 0.144. The highest BCUT2D eigenvalue weighted by atomic mass is 35.5. The Labute approximate surface area is 144 Å². The second kappa shape index (κ2) is 6.30. The van der Waals surface area contributed by atoms with Gasteiger partial charge in [-0.15, -0.1) is 0 Å². The van der Waals surface area contributed by atoms with Crippen molar-refractivity contribution < 1.29 is 12.8 Å². The fourth-order valence-corrected chi connectivity index (χ4v) is 3.62. The molecule has 0 saturated heterocycles. The highest BCUT2D eigenvalue weighted by Gasteiger charge is 2.19. The zero-order valence-corrected chi connectivity index (χ0v) is 14.3. The molecule has 0 aliphatic heterocycles. The normalized spacial score (nSPS) is 11.5. The number of halogens is 2. The van der Waals surface area contributed by atoms with Gasteiger partial charge >= 0.3 is 0 Å². The Kier molecular flexibility index (Phi) is 4.34. The fourth-order valence-electron chi connectivity index (χ4n) is 2.37. The summed E-state index contributed by atoms with van der Waals surface area (Å²) in [6, 6.07) is 15.3. The van der Waals surface area contributed by atoms with E-state index >= 15 is 0 Å². The van der Waals surface area contributed by atoms with Crippen LogP contribution in [0.25, 0.3) is 5.69 Å². The molecule has 4 nitrogen and oxygen atoms in total. The summed E-state index contributed by atoms with van der Waals surface area (Å²) in [4.78, 5) is 0.144. The molecule has 0 spiro atoms. The highest BCUT2D eigenvalue weighted by molar-refractivity contribution is 7.92. The molecule has 1 N–H and O–H groups in total. The Morgan fingerprint density at radius 2 is 1.67 bits per heavy atom. The second-order valence-corrected chi connectivity index (χ2v) is 7.28. The van der Waals surface area contributed by atoms with Crippen LogP contribution >= 0.6 is 11.6 Å². The molecule has 7 heteroatoms.